The molecule has 1 aromatic rings. The van der Waals surface area contributed by atoms with Crippen molar-refractivity contribution < 1.29 is 13.2 Å². The van der Waals surface area contributed by atoms with Crippen molar-refractivity contribution >= 4 is 15.9 Å². The maximum absolute atomic E-state index is 11.9. The number of hydrogen-bond donors (Lipinski definition) is 1. The van der Waals surface area contributed by atoms with E-state index in [2.05, 4.69) is 5.32 Å². The van der Waals surface area contributed by atoms with Gasteiger partial charge in [0, 0.05) is 19.6 Å². The number of sulfonamides is 1. The number of nitrogens with one attached hydrogen (secondary N) is 1. The Labute approximate surface area is 126 Å². The third-order valence-corrected chi connectivity index (χ3v) is 5.71. The molecule has 0 bridgehead atoms. The summed E-state index contributed by atoms with van der Waals surface area (Å²) in [7, 11) is -3.11. The number of rotatable bonds is 5. The van der Waals surface area contributed by atoms with Gasteiger partial charge in [-0.2, -0.15) is 0 Å². The first-order valence-corrected chi connectivity index (χ1v) is 8.89. The zero-order valence-corrected chi connectivity index (χ0v) is 13.2. The third-order valence-electron chi connectivity index (χ3n) is 3.75. The van der Waals surface area contributed by atoms with Gasteiger partial charge < -0.3 is 5.32 Å². The van der Waals surface area contributed by atoms with Gasteiger partial charge in [-0.15, -0.1) is 0 Å². The van der Waals surface area contributed by atoms with Crippen molar-refractivity contribution in [1.29, 1.82) is 0 Å². The van der Waals surface area contributed by atoms with E-state index in [9.17, 15) is 13.2 Å². The van der Waals surface area contributed by atoms with Crippen LogP contribution in [0.5, 0.6) is 0 Å². The number of hydrogen-bond acceptors (Lipinski definition) is 3. The van der Waals surface area contributed by atoms with Crippen LogP contribution in [0.25, 0.3) is 0 Å². The highest BCUT2D eigenvalue weighted by Gasteiger charge is 2.25. The highest BCUT2D eigenvalue weighted by Crippen LogP contribution is 2.12. The van der Waals surface area contributed by atoms with Crippen molar-refractivity contribution in [3.05, 3.63) is 35.4 Å². The Hall–Kier alpha value is -1.40. The second-order valence-corrected chi connectivity index (χ2v) is 7.46. The second-order valence-electron chi connectivity index (χ2n) is 5.38. The van der Waals surface area contributed by atoms with Gasteiger partial charge in [-0.3, -0.25) is 4.79 Å². The van der Waals surface area contributed by atoms with E-state index >= 15 is 0 Å². The molecule has 1 fully saturated rings. The summed E-state index contributed by atoms with van der Waals surface area (Å²) in [4.78, 5) is 11.9. The van der Waals surface area contributed by atoms with E-state index in [1.165, 1.54) is 4.31 Å². The van der Waals surface area contributed by atoms with Gasteiger partial charge in [0.05, 0.1) is 12.2 Å². The molecule has 116 valence electrons. The smallest absolute Gasteiger partial charge is 0.224 e. The summed E-state index contributed by atoms with van der Waals surface area (Å²) in [6, 6.07) is 7.76. The lowest BCUT2D eigenvalue weighted by atomic mass is 10.1. The van der Waals surface area contributed by atoms with Crippen LogP contribution in [0.1, 0.15) is 24.0 Å². The molecule has 1 saturated heterocycles. The molecule has 0 aromatic heterocycles. The highest BCUT2D eigenvalue weighted by atomic mass is 32.2. The van der Waals surface area contributed by atoms with Gasteiger partial charge in [-0.1, -0.05) is 24.3 Å². The Morgan fingerprint density at radius 1 is 1.29 bits per heavy atom. The van der Waals surface area contributed by atoms with Crippen LogP contribution in [0.2, 0.25) is 0 Å². The van der Waals surface area contributed by atoms with Crippen molar-refractivity contribution in [3.8, 4) is 0 Å². The van der Waals surface area contributed by atoms with Crippen LogP contribution >= 0.6 is 0 Å². The molecular weight excluding hydrogens is 288 g/mol. The van der Waals surface area contributed by atoms with Crippen LogP contribution in [-0.4, -0.2) is 44.0 Å². The fraction of sp³-hybridized carbons (Fsp3) is 0.533. The molecule has 0 radical (unpaired) electrons. The molecule has 1 aliphatic rings. The van der Waals surface area contributed by atoms with Crippen LogP contribution < -0.4 is 5.32 Å². The van der Waals surface area contributed by atoms with Gasteiger partial charge >= 0.3 is 0 Å². The summed E-state index contributed by atoms with van der Waals surface area (Å²) in [5.41, 5.74) is 2.09. The average Bonchev–Trinajstić information content (AvgIpc) is 2.43. The van der Waals surface area contributed by atoms with Crippen LogP contribution in [0.4, 0.5) is 0 Å². The highest BCUT2D eigenvalue weighted by molar-refractivity contribution is 7.89. The monoisotopic (exact) mass is 310 g/mol. The molecule has 1 heterocycles. The molecule has 5 nitrogen and oxygen atoms in total. The van der Waals surface area contributed by atoms with Crippen molar-refractivity contribution in [2.75, 3.05) is 25.4 Å². The zero-order chi connectivity index (χ0) is 15.3. The van der Waals surface area contributed by atoms with Gasteiger partial charge in [-0.05, 0) is 30.9 Å². The predicted octanol–water partition coefficient (Wildman–Crippen LogP) is 1.08. The lowest BCUT2D eigenvalue weighted by Crippen LogP contribution is -2.42. The molecule has 2 rings (SSSR count). The molecule has 0 saturated carbocycles. The second kappa shape index (κ2) is 7.04. The normalized spacial score (nSPS) is 18.3. The molecular formula is C15H22N2O3S. The minimum absolute atomic E-state index is 0.0706. The number of amides is 1. The predicted molar refractivity (Wildman–Crippen MR) is 82.5 cm³/mol. The van der Waals surface area contributed by atoms with E-state index in [4.69, 9.17) is 0 Å². The molecule has 1 N–H and O–H groups in total. The van der Waals surface area contributed by atoms with E-state index in [0.717, 1.165) is 24.0 Å². The van der Waals surface area contributed by atoms with Crippen molar-refractivity contribution in [1.82, 2.24) is 9.62 Å². The fourth-order valence-electron chi connectivity index (χ4n) is 2.46. The quantitative estimate of drug-likeness (QED) is 0.885. The Kier molecular flexibility index (Phi) is 5.36. The van der Waals surface area contributed by atoms with Crippen molar-refractivity contribution in [3.63, 3.8) is 0 Å². The standard InChI is InChI=1S/C15H22N2O3S/c1-13-6-2-3-7-14(13)12-15(18)16-8-10-17-9-4-5-11-21(17,19)20/h2-3,6-7H,4-5,8-12H2,1H3,(H,16,18). The summed E-state index contributed by atoms with van der Waals surface area (Å²) in [6.45, 7) is 3.27. The van der Waals surface area contributed by atoms with Gasteiger partial charge in [0.1, 0.15) is 0 Å². The number of aryl methyl sites for hydroxylation is 1. The van der Waals surface area contributed by atoms with E-state index in [-0.39, 0.29) is 11.7 Å². The summed E-state index contributed by atoms with van der Waals surface area (Å²) in [6.07, 6.45) is 1.97. The Morgan fingerprint density at radius 2 is 2.05 bits per heavy atom. The number of carbonyl (C=O) groups is 1. The SMILES string of the molecule is Cc1ccccc1CC(=O)NCCN1CCCCS1(=O)=O. The van der Waals surface area contributed by atoms with Crippen LogP contribution in [0, 0.1) is 6.92 Å². The third kappa shape index (κ3) is 4.54. The molecule has 0 spiro atoms. The largest absolute Gasteiger partial charge is 0.354 e. The number of benzene rings is 1. The molecule has 0 atom stereocenters. The first-order chi connectivity index (χ1) is 9.99. The summed E-state index contributed by atoms with van der Waals surface area (Å²) in [5, 5.41) is 2.80. The summed E-state index contributed by atoms with van der Waals surface area (Å²) in [5.74, 6) is 0.156. The molecule has 21 heavy (non-hydrogen) atoms. The Bertz CT molecular complexity index is 599. The first-order valence-electron chi connectivity index (χ1n) is 7.28. The minimum Gasteiger partial charge on any atom is -0.354 e. The minimum atomic E-state index is -3.11. The van der Waals surface area contributed by atoms with Crippen molar-refractivity contribution in [2.45, 2.75) is 26.2 Å². The fourth-order valence-corrected chi connectivity index (χ4v) is 4.06. The molecule has 1 amide bonds. The summed E-state index contributed by atoms with van der Waals surface area (Å²) >= 11 is 0. The van der Waals surface area contributed by atoms with Crippen molar-refractivity contribution in [2.24, 2.45) is 0 Å². The maximum Gasteiger partial charge on any atom is 0.224 e. The van der Waals surface area contributed by atoms with Gasteiger partial charge in [-0.25, -0.2) is 12.7 Å². The van der Waals surface area contributed by atoms with Crippen LogP contribution in [0.15, 0.2) is 24.3 Å². The van der Waals surface area contributed by atoms with Crippen LogP contribution in [-0.2, 0) is 21.2 Å². The Balaban J connectivity index is 1.78. The van der Waals surface area contributed by atoms with Crippen LogP contribution in [0.3, 0.4) is 0 Å². The zero-order valence-electron chi connectivity index (χ0n) is 12.3. The van der Waals surface area contributed by atoms with E-state index in [1.807, 2.05) is 31.2 Å². The lowest BCUT2D eigenvalue weighted by Gasteiger charge is -2.26. The molecule has 1 aliphatic heterocycles. The summed E-state index contributed by atoms with van der Waals surface area (Å²) < 4.78 is 25.1. The molecule has 1 aromatic carbocycles. The van der Waals surface area contributed by atoms with E-state index in [1.54, 1.807) is 0 Å². The lowest BCUT2D eigenvalue weighted by molar-refractivity contribution is -0.120. The molecule has 0 aliphatic carbocycles. The van der Waals surface area contributed by atoms with E-state index in [0.29, 0.717) is 26.1 Å². The van der Waals surface area contributed by atoms with Gasteiger partial charge in [0.25, 0.3) is 0 Å². The van der Waals surface area contributed by atoms with Gasteiger partial charge in [0.2, 0.25) is 15.9 Å². The van der Waals surface area contributed by atoms with Gasteiger partial charge in [0.15, 0.2) is 0 Å². The molecule has 0 unspecified atom stereocenters. The van der Waals surface area contributed by atoms with E-state index < -0.39 is 10.0 Å². The number of carbonyl (C=O) groups excluding carboxylic acids is 1. The molecule has 6 heteroatoms. The first kappa shape index (κ1) is 16.0. The Morgan fingerprint density at radius 3 is 2.76 bits per heavy atom. The maximum atomic E-state index is 11.9. The topological polar surface area (TPSA) is 66.5 Å². The average molecular weight is 310 g/mol. The number of nitrogens with zero attached hydrogens (tertiary/aromatic N) is 1.